The molecule has 0 aliphatic heterocycles. The molecular weight excluding hydrogens is 111 g/mol. The summed E-state index contributed by atoms with van der Waals surface area (Å²) in [4.78, 5) is 0. The maximum absolute atomic E-state index is 4.61. The van der Waals surface area contributed by atoms with Gasteiger partial charge in [-0.3, -0.25) is 0 Å². The molecule has 0 N–H and O–H groups in total. The van der Waals surface area contributed by atoms with E-state index in [-0.39, 0.29) is 17.4 Å². The zero-order valence-corrected chi connectivity index (χ0v) is 4.94. The van der Waals surface area contributed by atoms with E-state index in [1.807, 2.05) is 0 Å². The topological polar surface area (TPSA) is 18.5 Å². The summed E-state index contributed by atoms with van der Waals surface area (Å²) in [7, 11) is 2.73. The number of rotatable bonds is 2. The predicted molar refractivity (Wildman–Crippen MR) is 32.5 cm³/mol. The van der Waals surface area contributed by atoms with Crippen molar-refractivity contribution in [3.05, 3.63) is 0 Å². The molecule has 0 aliphatic carbocycles. The summed E-state index contributed by atoms with van der Waals surface area (Å²) in [5, 5.41) is 0. The molecule has 0 spiro atoms. The Balaban J connectivity index is 0. The van der Waals surface area contributed by atoms with Crippen LogP contribution in [0.2, 0.25) is 0 Å². The molecule has 6 heavy (non-hydrogen) atoms. The summed E-state index contributed by atoms with van der Waals surface area (Å²) in [6.45, 7) is 0. The highest BCUT2D eigenvalue weighted by atomic mass is 28.3. The normalized spacial score (nSPS) is 7.00. The van der Waals surface area contributed by atoms with Crippen molar-refractivity contribution in [2.24, 2.45) is 0 Å². The van der Waals surface area contributed by atoms with Gasteiger partial charge in [0.1, 0.15) is 0 Å². The average Bonchev–Trinajstić information content (AvgIpc) is 1.41. The van der Waals surface area contributed by atoms with Gasteiger partial charge in [0.25, 0.3) is 0 Å². The predicted octanol–water partition coefficient (Wildman–Crippen LogP) is -1.91. The molecule has 0 aromatic heterocycles. The van der Waals surface area contributed by atoms with Crippen molar-refractivity contribution in [2.75, 3.05) is 14.2 Å². The molecule has 0 radical (unpaired) electrons. The molecule has 4 heteroatoms. The molecule has 0 bridgehead atoms. The van der Waals surface area contributed by atoms with Gasteiger partial charge in [0.2, 0.25) is 0 Å². The van der Waals surface area contributed by atoms with E-state index in [2.05, 4.69) is 8.85 Å². The Morgan fingerprint density at radius 3 is 1.50 bits per heavy atom. The first-order valence-corrected chi connectivity index (χ1v) is 2.55. The van der Waals surface area contributed by atoms with Gasteiger partial charge < -0.3 is 8.85 Å². The number of hydrogen-bond donors (Lipinski definition) is 0. The quantitative estimate of drug-likeness (QED) is 0.398. The Kier molecular flexibility index (Phi) is 15.0. The fraction of sp³-hybridized carbons (Fsp3) is 1.00. The van der Waals surface area contributed by atoms with E-state index in [4.69, 9.17) is 0 Å². The first-order valence-electron chi connectivity index (χ1n) is 1.39. The van der Waals surface area contributed by atoms with Crippen LogP contribution < -0.4 is 0 Å². The summed E-state index contributed by atoms with van der Waals surface area (Å²) >= 11 is 0. The van der Waals surface area contributed by atoms with E-state index in [0.29, 0.717) is 0 Å². The largest absolute Gasteiger partial charge is 0.402 e. The van der Waals surface area contributed by atoms with E-state index in [9.17, 15) is 0 Å². The van der Waals surface area contributed by atoms with Crippen molar-refractivity contribution in [2.45, 2.75) is 0 Å². The summed E-state index contributed by atoms with van der Waals surface area (Å²) in [5.41, 5.74) is 0. The SMILES string of the molecule is CO[SiH2]OC.[AlH3]. The highest BCUT2D eigenvalue weighted by Crippen LogP contribution is 1.55. The molecule has 0 unspecified atom stereocenters. The van der Waals surface area contributed by atoms with Gasteiger partial charge in [-0.15, -0.1) is 0 Å². The molecule has 0 aliphatic rings. The Morgan fingerprint density at radius 1 is 1.17 bits per heavy atom. The smallest absolute Gasteiger partial charge is 0.303 e. The van der Waals surface area contributed by atoms with Gasteiger partial charge in [0.15, 0.2) is 17.4 Å². The van der Waals surface area contributed by atoms with Crippen LogP contribution in [0.15, 0.2) is 0 Å². The van der Waals surface area contributed by atoms with Crippen molar-refractivity contribution in [1.29, 1.82) is 0 Å². The second-order valence-electron chi connectivity index (χ2n) is 0.695. The molecule has 38 valence electrons. The molecule has 0 fully saturated rings. The van der Waals surface area contributed by atoms with Crippen LogP contribution in [0, 0.1) is 0 Å². The zero-order chi connectivity index (χ0) is 4.12. The standard InChI is InChI=1S/C2H8O2Si.Al.3H/c1-3-5-4-2;;;;/h5H2,1-2H3;;;;. The van der Waals surface area contributed by atoms with Gasteiger partial charge in [-0.1, -0.05) is 0 Å². The van der Waals surface area contributed by atoms with Crippen LogP contribution in [0.5, 0.6) is 0 Å². The van der Waals surface area contributed by atoms with Gasteiger partial charge in [-0.25, -0.2) is 0 Å². The molecule has 0 aromatic rings. The number of hydrogen-bond acceptors (Lipinski definition) is 2. The molecule has 0 saturated heterocycles. The highest BCUT2D eigenvalue weighted by molar-refractivity contribution is 6.17. The lowest BCUT2D eigenvalue weighted by atomic mass is 11.8. The molecule has 0 aromatic carbocycles. The van der Waals surface area contributed by atoms with Crippen molar-refractivity contribution >= 4 is 27.4 Å². The fourth-order valence-corrected chi connectivity index (χ4v) is 0.354. The van der Waals surface area contributed by atoms with Crippen LogP contribution in [-0.2, 0) is 8.85 Å². The van der Waals surface area contributed by atoms with Gasteiger partial charge >= 0.3 is 10.0 Å². The molecule has 0 saturated carbocycles. The first kappa shape index (κ1) is 9.83. The maximum Gasteiger partial charge on any atom is 0.303 e. The lowest BCUT2D eigenvalue weighted by Gasteiger charge is -1.86. The van der Waals surface area contributed by atoms with Gasteiger partial charge in [-0.05, 0) is 0 Å². The lowest BCUT2D eigenvalue weighted by Crippen LogP contribution is -1.93. The average molecular weight is 122 g/mol. The van der Waals surface area contributed by atoms with Crippen LogP contribution in [0.4, 0.5) is 0 Å². The third kappa shape index (κ3) is 8.82. The van der Waals surface area contributed by atoms with E-state index >= 15 is 0 Å². The minimum absolute atomic E-state index is 0. The van der Waals surface area contributed by atoms with E-state index in [1.54, 1.807) is 14.2 Å². The minimum atomic E-state index is -0.568. The summed E-state index contributed by atoms with van der Waals surface area (Å²) in [6, 6.07) is 0. The highest BCUT2D eigenvalue weighted by Gasteiger charge is 1.67. The summed E-state index contributed by atoms with van der Waals surface area (Å²) in [5.74, 6) is 0. The minimum Gasteiger partial charge on any atom is -0.402 e. The maximum atomic E-state index is 4.61. The Hall–Kier alpha value is 0.669. The third-order valence-corrected chi connectivity index (χ3v) is 0.707. The van der Waals surface area contributed by atoms with Gasteiger partial charge in [0, 0.05) is 14.2 Å². The van der Waals surface area contributed by atoms with E-state index in [0.717, 1.165) is 0 Å². The van der Waals surface area contributed by atoms with E-state index < -0.39 is 10.0 Å². The third-order valence-electron chi connectivity index (χ3n) is 0.236. The van der Waals surface area contributed by atoms with Crippen LogP contribution in [0.1, 0.15) is 0 Å². The van der Waals surface area contributed by atoms with Crippen molar-refractivity contribution in [3.63, 3.8) is 0 Å². The monoisotopic (exact) mass is 122 g/mol. The van der Waals surface area contributed by atoms with Crippen molar-refractivity contribution in [3.8, 4) is 0 Å². The summed E-state index contributed by atoms with van der Waals surface area (Å²) in [6.07, 6.45) is 0. The molecule has 0 rings (SSSR count). The van der Waals surface area contributed by atoms with Crippen LogP contribution in [-0.4, -0.2) is 41.6 Å². The van der Waals surface area contributed by atoms with Gasteiger partial charge in [0.05, 0.1) is 0 Å². The molecule has 0 amide bonds. The second kappa shape index (κ2) is 9.18. The first-order chi connectivity index (χ1) is 2.41. The fourth-order valence-electron chi connectivity index (χ4n) is 0.118. The molecule has 0 atom stereocenters. The Bertz CT molecular complexity index is 19.0. The van der Waals surface area contributed by atoms with Gasteiger partial charge in [-0.2, -0.15) is 0 Å². The Morgan fingerprint density at radius 2 is 1.50 bits per heavy atom. The van der Waals surface area contributed by atoms with Crippen LogP contribution in [0.3, 0.4) is 0 Å². The molecule has 2 nitrogen and oxygen atoms in total. The van der Waals surface area contributed by atoms with Crippen LogP contribution >= 0.6 is 0 Å². The van der Waals surface area contributed by atoms with Crippen molar-refractivity contribution < 1.29 is 8.85 Å². The molecular formula is C2H11AlO2Si. The van der Waals surface area contributed by atoms with Crippen molar-refractivity contribution in [1.82, 2.24) is 0 Å². The lowest BCUT2D eigenvalue weighted by molar-refractivity contribution is 0.309. The van der Waals surface area contributed by atoms with Crippen LogP contribution in [0.25, 0.3) is 0 Å². The second-order valence-corrected chi connectivity index (χ2v) is 2.09. The zero-order valence-electron chi connectivity index (χ0n) is 3.52. The van der Waals surface area contributed by atoms with E-state index in [1.165, 1.54) is 0 Å². The Labute approximate surface area is 51.0 Å². The molecule has 0 heterocycles. The summed E-state index contributed by atoms with van der Waals surface area (Å²) < 4.78 is 9.22.